The standard InChI is InChI=1S/C16H28N2O3/c1-11(12-5-6-12)13(19)17-10-9-16(7-8-16)18-14(20)21-15(2,3)4/h11-12H,5-10H2,1-4H3,(H,17,19)(H,18,20). The number of carbonyl (C=O) groups excluding carboxylic acids is 2. The predicted octanol–water partition coefficient (Wildman–Crippen LogP) is 2.60. The van der Waals surface area contributed by atoms with Gasteiger partial charge in [-0.25, -0.2) is 4.79 Å². The summed E-state index contributed by atoms with van der Waals surface area (Å²) in [5.41, 5.74) is -0.646. The summed E-state index contributed by atoms with van der Waals surface area (Å²) in [5, 5.41) is 5.94. The van der Waals surface area contributed by atoms with Crippen molar-refractivity contribution in [2.45, 2.75) is 70.9 Å². The molecule has 0 aliphatic heterocycles. The summed E-state index contributed by atoms with van der Waals surface area (Å²) in [6.07, 6.45) is 4.69. The van der Waals surface area contributed by atoms with Crippen molar-refractivity contribution in [3.8, 4) is 0 Å². The zero-order valence-corrected chi connectivity index (χ0v) is 13.6. The lowest BCUT2D eigenvalue weighted by atomic mass is 10.1. The molecular weight excluding hydrogens is 268 g/mol. The van der Waals surface area contributed by atoms with Crippen molar-refractivity contribution in [1.29, 1.82) is 0 Å². The molecule has 0 aromatic heterocycles. The van der Waals surface area contributed by atoms with E-state index in [1.807, 2.05) is 27.7 Å². The average Bonchev–Trinajstić information content (AvgIpc) is 3.19. The molecule has 1 unspecified atom stereocenters. The Bertz CT molecular complexity index is 406. The predicted molar refractivity (Wildman–Crippen MR) is 80.8 cm³/mol. The van der Waals surface area contributed by atoms with Crippen molar-refractivity contribution < 1.29 is 14.3 Å². The van der Waals surface area contributed by atoms with Crippen LogP contribution in [-0.4, -0.2) is 29.7 Å². The highest BCUT2D eigenvalue weighted by molar-refractivity contribution is 5.78. The molecular formula is C16H28N2O3. The van der Waals surface area contributed by atoms with Crippen molar-refractivity contribution in [3.63, 3.8) is 0 Å². The molecule has 2 aliphatic carbocycles. The van der Waals surface area contributed by atoms with Gasteiger partial charge in [0.1, 0.15) is 5.60 Å². The Morgan fingerprint density at radius 1 is 1.29 bits per heavy atom. The van der Waals surface area contributed by atoms with Crippen LogP contribution in [0.2, 0.25) is 0 Å². The first-order valence-corrected chi connectivity index (χ1v) is 8.00. The monoisotopic (exact) mass is 296 g/mol. The van der Waals surface area contributed by atoms with E-state index in [-0.39, 0.29) is 23.5 Å². The number of hydrogen-bond acceptors (Lipinski definition) is 3. The third kappa shape index (κ3) is 5.21. The minimum atomic E-state index is -0.478. The van der Waals surface area contributed by atoms with Crippen LogP contribution in [0.15, 0.2) is 0 Å². The van der Waals surface area contributed by atoms with Crippen molar-refractivity contribution >= 4 is 12.0 Å². The maximum Gasteiger partial charge on any atom is 0.408 e. The van der Waals surface area contributed by atoms with Crippen LogP contribution in [0.3, 0.4) is 0 Å². The van der Waals surface area contributed by atoms with E-state index in [0.717, 1.165) is 19.3 Å². The van der Waals surface area contributed by atoms with E-state index in [0.29, 0.717) is 12.5 Å². The zero-order chi connectivity index (χ0) is 15.7. The van der Waals surface area contributed by atoms with Gasteiger partial charge in [0.2, 0.25) is 5.91 Å². The van der Waals surface area contributed by atoms with Crippen LogP contribution in [-0.2, 0) is 9.53 Å². The molecule has 2 saturated carbocycles. The summed E-state index contributed by atoms with van der Waals surface area (Å²) in [5.74, 6) is 0.851. The van der Waals surface area contributed by atoms with E-state index >= 15 is 0 Å². The maximum absolute atomic E-state index is 11.9. The minimum Gasteiger partial charge on any atom is -0.444 e. The first-order chi connectivity index (χ1) is 9.71. The van der Waals surface area contributed by atoms with Crippen LogP contribution in [0.25, 0.3) is 0 Å². The molecule has 5 nitrogen and oxygen atoms in total. The summed E-state index contributed by atoms with van der Waals surface area (Å²) in [4.78, 5) is 23.7. The Kier molecular flexibility index (Phi) is 4.49. The fraction of sp³-hybridized carbons (Fsp3) is 0.875. The first-order valence-electron chi connectivity index (χ1n) is 8.00. The lowest BCUT2D eigenvalue weighted by Gasteiger charge is -2.23. The first kappa shape index (κ1) is 16.1. The summed E-state index contributed by atoms with van der Waals surface area (Å²) < 4.78 is 5.28. The Labute approximate surface area is 127 Å². The van der Waals surface area contributed by atoms with E-state index in [9.17, 15) is 9.59 Å². The average molecular weight is 296 g/mol. The van der Waals surface area contributed by atoms with Crippen LogP contribution in [0, 0.1) is 11.8 Å². The highest BCUT2D eigenvalue weighted by Gasteiger charge is 2.44. The molecule has 0 aromatic carbocycles. The largest absolute Gasteiger partial charge is 0.444 e. The van der Waals surface area contributed by atoms with Gasteiger partial charge in [-0.15, -0.1) is 0 Å². The van der Waals surface area contributed by atoms with E-state index < -0.39 is 5.60 Å². The van der Waals surface area contributed by atoms with Gasteiger partial charge in [-0.05, 0) is 58.8 Å². The number of carbonyl (C=O) groups is 2. The third-order valence-electron chi connectivity index (χ3n) is 4.27. The highest BCUT2D eigenvalue weighted by atomic mass is 16.6. The van der Waals surface area contributed by atoms with Gasteiger partial charge in [-0.1, -0.05) is 6.92 Å². The zero-order valence-electron chi connectivity index (χ0n) is 13.6. The molecule has 120 valence electrons. The summed E-state index contributed by atoms with van der Waals surface area (Å²) in [7, 11) is 0. The van der Waals surface area contributed by atoms with Crippen LogP contribution in [0.5, 0.6) is 0 Å². The normalized spacial score (nSPS) is 21.3. The molecule has 1 atom stereocenters. The van der Waals surface area contributed by atoms with E-state index in [4.69, 9.17) is 4.74 Å². The Morgan fingerprint density at radius 3 is 2.38 bits per heavy atom. The van der Waals surface area contributed by atoms with Gasteiger partial charge in [-0.2, -0.15) is 0 Å². The number of alkyl carbamates (subject to hydrolysis) is 1. The maximum atomic E-state index is 11.9. The smallest absolute Gasteiger partial charge is 0.408 e. The Balaban J connectivity index is 1.67. The summed E-state index contributed by atoms with van der Waals surface area (Å²) >= 11 is 0. The second-order valence-electron chi connectivity index (χ2n) is 7.57. The molecule has 2 rings (SSSR count). The molecule has 0 heterocycles. The Hall–Kier alpha value is -1.26. The number of amides is 2. The topological polar surface area (TPSA) is 67.4 Å². The van der Waals surface area contributed by atoms with E-state index in [2.05, 4.69) is 10.6 Å². The van der Waals surface area contributed by atoms with Crippen LogP contribution < -0.4 is 10.6 Å². The lowest BCUT2D eigenvalue weighted by Crippen LogP contribution is -2.43. The van der Waals surface area contributed by atoms with Crippen molar-refractivity contribution in [2.24, 2.45) is 11.8 Å². The van der Waals surface area contributed by atoms with E-state index in [1.165, 1.54) is 12.8 Å². The number of ether oxygens (including phenoxy) is 1. The fourth-order valence-electron chi connectivity index (χ4n) is 2.50. The van der Waals surface area contributed by atoms with Gasteiger partial charge in [0.05, 0.1) is 0 Å². The highest BCUT2D eigenvalue weighted by Crippen LogP contribution is 2.39. The number of rotatable bonds is 6. The Morgan fingerprint density at radius 2 is 1.90 bits per heavy atom. The molecule has 0 spiro atoms. The second kappa shape index (κ2) is 5.85. The quantitative estimate of drug-likeness (QED) is 0.791. The van der Waals surface area contributed by atoms with Crippen LogP contribution in [0.1, 0.15) is 59.8 Å². The molecule has 2 fully saturated rings. The molecule has 21 heavy (non-hydrogen) atoms. The molecule has 0 saturated heterocycles. The van der Waals surface area contributed by atoms with Gasteiger partial charge >= 0.3 is 6.09 Å². The van der Waals surface area contributed by atoms with Gasteiger partial charge in [-0.3, -0.25) is 4.79 Å². The van der Waals surface area contributed by atoms with Crippen LogP contribution >= 0.6 is 0 Å². The summed E-state index contributed by atoms with van der Waals surface area (Å²) in [6.45, 7) is 8.17. The molecule has 0 aromatic rings. The molecule has 2 N–H and O–H groups in total. The summed E-state index contributed by atoms with van der Waals surface area (Å²) in [6, 6.07) is 0. The van der Waals surface area contributed by atoms with Crippen molar-refractivity contribution in [3.05, 3.63) is 0 Å². The SMILES string of the molecule is CC(C(=O)NCCC1(NC(=O)OC(C)(C)C)CC1)C1CC1. The molecule has 0 bridgehead atoms. The van der Waals surface area contributed by atoms with Gasteiger partial charge in [0.25, 0.3) is 0 Å². The van der Waals surface area contributed by atoms with Crippen LogP contribution in [0.4, 0.5) is 4.79 Å². The van der Waals surface area contributed by atoms with E-state index in [1.54, 1.807) is 0 Å². The molecule has 2 aliphatic rings. The van der Waals surface area contributed by atoms with Gasteiger partial charge in [0.15, 0.2) is 0 Å². The molecule has 5 heteroatoms. The molecule has 0 radical (unpaired) electrons. The number of nitrogens with one attached hydrogen (secondary N) is 2. The van der Waals surface area contributed by atoms with Crippen molar-refractivity contribution in [2.75, 3.05) is 6.54 Å². The third-order valence-corrected chi connectivity index (χ3v) is 4.27. The lowest BCUT2D eigenvalue weighted by molar-refractivity contribution is -0.125. The van der Waals surface area contributed by atoms with Crippen molar-refractivity contribution in [1.82, 2.24) is 10.6 Å². The molecule has 2 amide bonds. The van der Waals surface area contributed by atoms with Gasteiger partial charge < -0.3 is 15.4 Å². The minimum absolute atomic E-state index is 0.124. The van der Waals surface area contributed by atoms with Gasteiger partial charge in [0, 0.05) is 18.0 Å². The number of hydrogen-bond donors (Lipinski definition) is 2. The fourth-order valence-corrected chi connectivity index (χ4v) is 2.50. The second-order valence-corrected chi connectivity index (χ2v) is 7.57.